The van der Waals surface area contributed by atoms with Crippen molar-refractivity contribution in [1.29, 1.82) is 5.26 Å². The van der Waals surface area contributed by atoms with E-state index in [-0.39, 0.29) is 144 Å². The Hall–Kier alpha value is 0.705. The summed E-state index contributed by atoms with van der Waals surface area (Å²) in [6.07, 6.45) is -3.10. The Morgan fingerprint density at radius 3 is 2.49 bits per heavy atom. The zero-order valence-corrected chi connectivity index (χ0v) is 32.8. The van der Waals surface area contributed by atoms with E-state index in [1.807, 2.05) is 48.5 Å². The van der Waals surface area contributed by atoms with Crippen LogP contribution in [0.15, 0.2) is 48.8 Å². The third kappa shape index (κ3) is 6.48. The SMILES string of the molecule is N#Cc1nc(NCc2cccc3ccccc23)c2ncn(C3O[C@H](CO)C(O)C3O)c2n1.[Ac].[Ac].[Ac]. The van der Waals surface area contributed by atoms with E-state index >= 15 is 0 Å². The summed E-state index contributed by atoms with van der Waals surface area (Å²) in [4.78, 5) is 12.8. The van der Waals surface area contributed by atoms with Gasteiger partial charge in [-0.3, -0.25) is 4.57 Å². The molecule has 3 heterocycles. The van der Waals surface area contributed by atoms with Gasteiger partial charge in [-0.2, -0.15) is 15.2 Å². The van der Waals surface area contributed by atoms with E-state index in [1.165, 1.54) is 10.9 Å². The molecule has 0 aliphatic carbocycles. The molecule has 4 N–H and O–H groups in total. The van der Waals surface area contributed by atoms with Crippen LogP contribution < -0.4 is 5.32 Å². The van der Waals surface area contributed by atoms with Crippen molar-refractivity contribution in [3.8, 4) is 6.07 Å². The summed E-state index contributed by atoms with van der Waals surface area (Å²) in [7, 11) is 0. The van der Waals surface area contributed by atoms with E-state index in [0.717, 1.165) is 16.3 Å². The van der Waals surface area contributed by atoms with Crippen LogP contribution in [-0.4, -0.2) is 59.8 Å². The Labute approximate surface area is 308 Å². The summed E-state index contributed by atoms with van der Waals surface area (Å²) >= 11 is 0. The van der Waals surface area contributed by atoms with Crippen LogP contribution in [0.1, 0.15) is 17.6 Å². The molecule has 1 aliphatic rings. The molecule has 13 heteroatoms. The summed E-state index contributed by atoms with van der Waals surface area (Å²) < 4.78 is 7.02. The van der Waals surface area contributed by atoms with E-state index in [4.69, 9.17) is 4.74 Å². The number of nitriles is 1. The van der Waals surface area contributed by atoms with E-state index in [0.29, 0.717) is 17.9 Å². The van der Waals surface area contributed by atoms with E-state index in [9.17, 15) is 20.6 Å². The van der Waals surface area contributed by atoms with Crippen LogP contribution >= 0.6 is 0 Å². The average molecular weight is 1110 g/mol. The molecule has 3 unspecified atom stereocenters. The zero-order chi connectivity index (χ0) is 22.2. The number of benzene rings is 2. The summed E-state index contributed by atoms with van der Waals surface area (Å²) in [5, 5.41) is 44.7. The van der Waals surface area contributed by atoms with Gasteiger partial charge in [-0.05, 0) is 16.3 Å². The van der Waals surface area contributed by atoms with Gasteiger partial charge in [0, 0.05) is 139 Å². The van der Waals surface area contributed by atoms with Gasteiger partial charge in [-0.25, -0.2) is 4.98 Å². The molecule has 0 amide bonds. The van der Waals surface area contributed by atoms with Crippen LogP contribution in [0, 0.1) is 144 Å². The molecule has 1 aliphatic heterocycles. The van der Waals surface area contributed by atoms with Gasteiger partial charge in [0.15, 0.2) is 23.2 Å². The molecule has 4 aromatic rings. The van der Waals surface area contributed by atoms with E-state index in [2.05, 4.69) is 20.3 Å². The Morgan fingerprint density at radius 2 is 1.77 bits per heavy atom. The second-order valence-electron chi connectivity index (χ2n) is 7.55. The maximum atomic E-state index is 10.4. The molecule has 1 fully saturated rings. The Bertz CT molecular complexity index is 1340. The van der Waals surface area contributed by atoms with Crippen molar-refractivity contribution < 1.29 is 152 Å². The van der Waals surface area contributed by atoms with Crippen LogP contribution in [0.3, 0.4) is 0 Å². The molecular formula is C22H20Ac3N6O4. The monoisotopic (exact) mass is 1110 g/mol. The minimum atomic E-state index is -1.29. The minimum absolute atomic E-state index is 0. The fraction of sp³-hybridized carbons (Fsp3) is 0.273. The van der Waals surface area contributed by atoms with Gasteiger partial charge in [0.25, 0.3) is 0 Å². The van der Waals surface area contributed by atoms with Crippen molar-refractivity contribution in [3.63, 3.8) is 0 Å². The number of fused-ring (bicyclic) bond motifs is 2. The van der Waals surface area contributed by atoms with Crippen molar-refractivity contribution >= 4 is 27.8 Å². The van der Waals surface area contributed by atoms with Crippen molar-refractivity contribution in [1.82, 2.24) is 19.5 Å². The van der Waals surface area contributed by atoms with Crippen molar-refractivity contribution in [2.45, 2.75) is 31.1 Å². The third-order valence-corrected chi connectivity index (χ3v) is 5.64. The molecule has 35 heavy (non-hydrogen) atoms. The molecule has 10 nitrogen and oxygen atoms in total. The van der Waals surface area contributed by atoms with Crippen LogP contribution in [-0.2, 0) is 11.3 Å². The number of imidazole rings is 1. The zero-order valence-electron chi connectivity index (χ0n) is 18.6. The maximum absolute atomic E-state index is 10.4. The van der Waals surface area contributed by atoms with Gasteiger partial charge in [0.2, 0.25) is 5.82 Å². The predicted molar refractivity (Wildman–Crippen MR) is 114 cm³/mol. The molecule has 0 saturated carbocycles. The van der Waals surface area contributed by atoms with Gasteiger partial charge in [0.05, 0.1) is 12.9 Å². The number of ether oxygens (including phenoxy) is 1. The molecule has 0 spiro atoms. The average Bonchev–Trinajstić information content (AvgIpc) is 3.37. The van der Waals surface area contributed by atoms with Crippen LogP contribution in [0.25, 0.3) is 21.9 Å². The number of aromatic nitrogens is 4. The van der Waals surface area contributed by atoms with E-state index < -0.39 is 31.1 Å². The fourth-order valence-corrected chi connectivity index (χ4v) is 4.01. The number of aliphatic hydroxyl groups is 3. The number of hydrogen-bond acceptors (Lipinski definition) is 9. The molecule has 2 aromatic carbocycles. The number of hydrogen-bond donors (Lipinski definition) is 4. The molecule has 4 atom stereocenters. The topological polar surface area (TPSA) is 149 Å². The summed E-state index contributed by atoms with van der Waals surface area (Å²) in [6.45, 7) is -0.00330. The number of anilines is 1. The van der Waals surface area contributed by atoms with E-state index in [1.54, 1.807) is 0 Å². The Kier molecular flexibility index (Phi) is 12.9. The van der Waals surface area contributed by atoms with Gasteiger partial charge >= 0.3 is 0 Å². The first-order valence-corrected chi connectivity index (χ1v) is 10.1. The Morgan fingerprint density at radius 1 is 1.03 bits per heavy atom. The Balaban J connectivity index is 0.00000144. The van der Waals surface area contributed by atoms with Gasteiger partial charge in [-0.1, -0.05) is 42.5 Å². The van der Waals surface area contributed by atoms with Crippen LogP contribution in [0.2, 0.25) is 0 Å². The first-order valence-electron chi connectivity index (χ1n) is 10.1. The summed E-state index contributed by atoms with van der Waals surface area (Å²) in [6, 6.07) is 16.0. The number of aliphatic hydroxyl groups excluding tert-OH is 3. The maximum Gasteiger partial charge on any atom is 0.236 e. The first-order chi connectivity index (χ1) is 15.6. The van der Waals surface area contributed by atoms with Gasteiger partial charge < -0.3 is 25.4 Å². The standard InChI is InChI=1S/C22H20N6O4.3Ac/c23-8-16-26-20(24-9-13-6-3-5-12-4-1-2-7-14(12)13)17-21(27-16)28(11-25-17)22-19(31)18(30)15(10-29)32-22;;;/h1-7,11,15,18-19,22,29-31H,9-10H2,(H,24,26,27);;;/t15-,18?,19?,22?;;;/m1.../s1. The van der Waals surface area contributed by atoms with Gasteiger partial charge in [0.1, 0.15) is 24.4 Å². The molecule has 5 rings (SSSR count). The minimum Gasteiger partial charge on any atom is -0.394 e. The number of nitrogens with zero attached hydrogens (tertiary/aromatic N) is 5. The number of nitrogens with one attached hydrogen (secondary N) is 1. The fourth-order valence-electron chi connectivity index (χ4n) is 4.01. The van der Waals surface area contributed by atoms with Crippen LogP contribution in [0.5, 0.6) is 0 Å². The molecular weight excluding hydrogens is 1090 g/mol. The second kappa shape index (κ2) is 14.2. The molecule has 1 saturated heterocycles. The second-order valence-corrected chi connectivity index (χ2v) is 7.55. The predicted octanol–water partition coefficient (Wildman–Crippen LogP) is 1.07. The van der Waals surface area contributed by atoms with Crippen molar-refractivity contribution in [2.24, 2.45) is 0 Å². The molecule has 3 radical (unpaired) electrons. The van der Waals surface area contributed by atoms with Crippen LogP contribution in [0.4, 0.5) is 5.82 Å². The number of rotatable bonds is 5. The molecule has 0 bridgehead atoms. The largest absolute Gasteiger partial charge is 0.394 e. The van der Waals surface area contributed by atoms with Gasteiger partial charge in [-0.15, -0.1) is 0 Å². The molecule has 171 valence electrons. The van der Waals surface area contributed by atoms with Crippen molar-refractivity contribution in [2.75, 3.05) is 11.9 Å². The normalized spacial score (nSPS) is 21.0. The first kappa shape index (κ1) is 31.9. The quantitative estimate of drug-likeness (QED) is 0.231. The smallest absolute Gasteiger partial charge is 0.236 e. The summed E-state index contributed by atoms with van der Waals surface area (Å²) in [5.41, 5.74) is 1.71. The summed E-state index contributed by atoms with van der Waals surface area (Å²) in [5.74, 6) is 0.288. The molecule has 2 aromatic heterocycles. The third-order valence-electron chi connectivity index (χ3n) is 5.64. The van der Waals surface area contributed by atoms with Crippen molar-refractivity contribution in [3.05, 3.63) is 60.2 Å².